The van der Waals surface area contributed by atoms with Crippen molar-refractivity contribution in [1.82, 2.24) is 24.7 Å². The van der Waals surface area contributed by atoms with Gasteiger partial charge in [-0.05, 0) is 37.3 Å². The van der Waals surface area contributed by atoms with Crippen molar-refractivity contribution in [2.24, 2.45) is 0 Å². The molecule has 0 saturated heterocycles. The number of ether oxygens (including phenoxy) is 1. The van der Waals surface area contributed by atoms with E-state index in [0.717, 1.165) is 22.5 Å². The Kier molecular flexibility index (Phi) is 5.16. The second-order valence-electron chi connectivity index (χ2n) is 7.34. The molecular weight excluding hydrogens is 416 g/mol. The number of aryl methyl sites for hydroxylation is 1. The number of anilines is 1. The van der Waals surface area contributed by atoms with Crippen LogP contribution in [0.25, 0.3) is 28.0 Å². The van der Waals surface area contributed by atoms with Gasteiger partial charge in [-0.2, -0.15) is 5.10 Å². The molecule has 0 unspecified atom stereocenters. The summed E-state index contributed by atoms with van der Waals surface area (Å²) >= 11 is 0. The van der Waals surface area contributed by atoms with Crippen LogP contribution >= 0.6 is 0 Å². The quantitative estimate of drug-likeness (QED) is 0.364. The molecular formula is C25H20N6O2. The fourth-order valence-electron chi connectivity index (χ4n) is 3.52. The van der Waals surface area contributed by atoms with Gasteiger partial charge in [-0.3, -0.25) is 4.79 Å². The minimum atomic E-state index is -0.295. The molecule has 0 spiro atoms. The van der Waals surface area contributed by atoms with Gasteiger partial charge in [0.25, 0.3) is 0 Å². The predicted octanol–water partition coefficient (Wildman–Crippen LogP) is 5.04. The molecule has 5 rings (SSSR count). The zero-order valence-electron chi connectivity index (χ0n) is 17.8. The van der Waals surface area contributed by atoms with E-state index in [2.05, 4.69) is 31.9 Å². The standard InChI is InChI=1S/C25H20N6O2/c1-3-22(32)28-17-8-7-11-19(12-17)33-23-14-27-25-24(29-23)20(13-26-25)21-15-31(30-16(21)2)18-9-5-4-6-10-18/h3-15H,1H2,2H3,(H,26,27)(H,28,32). The van der Waals surface area contributed by atoms with E-state index in [1.165, 1.54) is 6.08 Å². The average molecular weight is 436 g/mol. The van der Waals surface area contributed by atoms with Crippen LogP contribution < -0.4 is 10.1 Å². The number of hydrogen-bond donors (Lipinski definition) is 2. The largest absolute Gasteiger partial charge is 0.437 e. The number of nitrogens with one attached hydrogen (secondary N) is 2. The number of carbonyl (C=O) groups excluding carboxylic acids is 1. The van der Waals surface area contributed by atoms with Gasteiger partial charge in [0, 0.05) is 35.3 Å². The number of benzene rings is 2. The van der Waals surface area contributed by atoms with Crippen molar-refractivity contribution in [1.29, 1.82) is 0 Å². The molecule has 0 bridgehead atoms. The molecule has 0 aliphatic carbocycles. The molecule has 2 N–H and O–H groups in total. The van der Waals surface area contributed by atoms with Crippen molar-refractivity contribution >= 4 is 22.8 Å². The number of rotatable bonds is 6. The third kappa shape index (κ3) is 4.09. The first-order chi connectivity index (χ1) is 16.1. The number of nitrogens with zero attached hydrogens (tertiary/aromatic N) is 4. The molecule has 0 radical (unpaired) electrons. The van der Waals surface area contributed by atoms with Crippen molar-refractivity contribution in [3.05, 3.63) is 91.5 Å². The monoisotopic (exact) mass is 436 g/mol. The minimum Gasteiger partial charge on any atom is -0.437 e. The number of aromatic nitrogens is 5. The number of aromatic amines is 1. The summed E-state index contributed by atoms with van der Waals surface area (Å²) in [6.45, 7) is 5.42. The topological polar surface area (TPSA) is 97.7 Å². The molecule has 8 heteroatoms. The Hall–Kier alpha value is -4.72. The summed E-state index contributed by atoms with van der Waals surface area (Å²) < 4.78 is 7.77. The average Bonchev–Trinajstić information content (AvgIpc) is 3.42. The van der Waals surface area contributed by atoms with Gasteiger partial charge in [0.2, 0.25) is 11.8 Å². The van der Waals surface area contributed by atoms with Crippen molar-refractivity contribution in [2.75, 3.05) is 5.32 Å². The second kappa shape index (κ2) is 8.43. The first-order valence-corrected chi connectivity index (χ1v) is 10.3. The van der Waals surface area contributed by atoms with Crippen LogP contribution in [0.2, 0.25) is 0 Å². The summed E-state index contributed by atoms with van der Waals surface area (Å²) in [6, 6.07) is 17.0. The third-order valence-electron chi connectivity index (χ3n) is 5.08. The van der Waals surface area contributed by atoms with Gasteiger partial charge in [-0.15, -0.1) is 0 Å². The zero-order valence-corrected chi connectivity index (χ0v) is 17.8. The second-order valence-corrected chi connectivity index (χ2v) is 7.34. The Morgan fingerprint density at radius 2 is 2.00 bits per heavy atom. The van der Waals surface area contributed by atoms with E-state index in [-0.39, 0.29) is 5.91 Å². The lowest BCUT2D eigenvalue weighted by Gasteiger charge is -2.07. The van der Waals surface area contributed by atoms with E-state index in [9.17, 15) is 4.79 Å². The van der Waals surface area contributed by atoms with E-state index in [1.807, 2.05) is 54.3 Å². The Morgan fingerprint density at radius 1 is 1.15 bits per heavy atom. The Morgan fingerprint density at radius 3 is 2.82 bits per heavy atom. The summed E-state index contributed by atoms with van der Waals surface area (Å²) in [7, 11) is 0. The maximum atomic E-state index is 11.6. The van der Waals surface area contributed by atoms with E-state index >= 15 is 0 Å². The number of amides is 1. The van der Waals surface area contributed by atoms with E-state index in [0.29, 0.717) is 28.5 Å². The fourth-order valence-corrected chi connectivity index (χ4v) is 3.52. The highest BCUT2D eigenvalue weighted by Gasteiger charge is 2.16. The number of fused-ring (bicyclic) bond motifs is 1. The fraction of sp³-hybridized carbons (Fsp3) is 0.0400. The molecule has 33 heavy (non-hydrogen) atoms. The van der Waals surface area contributed by atoms with Gasteiger partial charge in [-0.25, -0.2) is 14.6 Å². The van der Waals surface area contributed by atoms with Crippen LogP contribution in [0.15, 0.2) is 85.8 Å². The summed E-state index contributed by atoms with van der Waals surface area (Å²) in [6.07, 6.45) is 6.62. The first-order valence-electron chi connectivity index (χ1n) is 10.3. The Bertz CT molecular complexity index is 1470. The first kappa shape index (κ1) is 20.2. The van der Waals surface area contributed by atoms with Gasteiger partial charge in [0.1, 0.15) is 11.3 Å². The lowest BCUT2D eigenvalue weighted by molar-refractivity contribution is -0.111. The molecule has 8 nitrogen and oxygen atoms in total. The predicted molar refractivity (Wildman–Crippen MR) is 127 cm³/mol. The highest BCUT2D eigenvalue weighted by molar-refractivity contribution is 5.99. The van der Waals surface area contributed by atoms with Gasteiger partial charge < -0.3 is 15.0 Å². The molecule has 0 aliphatic heterocycles. The lowest BCUT2D eigenvalue weighted by Crippen LogP contribution is -2.07. The summed E-state index contributed by atoms with van der Waals surface area (Å²) in [5.74, 6) is 0.566. The summed E-state index contributed by atoms with van der Waals surface area (Å²) in [5.41, 5.74) is 5.61. The number of hydrogen-bond acceptors (Lipinski definition) is 5. The van der Waals surface area contributed by atoms with Gasteiger partial charge >= 0.3 is 0 Å². The van der Waals surface area contributed by atoms with Crippen LogP contribution in [-0.4, -0.2) is 30.6 Å². The molecule has 162 valence electrons. The molecule has 0 fully saturated rings. The SMILES string of the molecule is C=CC(=O)Nc1cccc(Oc2cnc3[nH]cc(-c4cn(-c5ccccc5)nc4C)c3n2)c1. The molecule has 3 heterocycles. The highest BCUT2D eigenvalue weighted by atomic mass is 16.5. The molecule has 5 aromatic rings. The summed E-state index contributed by atoms with van der Waals surface area (Å²) in [5, 5.41) is 7.36. The minimum absolute atomic E-state index is 0.295. The lowest BCUT2D eigenvalue weighted by atomic mass is 10.1. The smallest absolute Gasteiger partial charge is 0.247 e. The zero-order chi connectivity index (χ0) is 22.8. The molecule has 0 saturated carbocycles. The van der Waals surface area contributed by atoms with Crippen LogP contribution in [0.1, 0.15) is 5.69 Å². The summed E-state index contributed by atoms with van der Waals surface area (Å²) in [4.78, 5) is 23.9. The van der Waals surface area contributed by atoms with Crippen molar-refractivity contribution in [2.45, 2.75) is 6.92 Å². The molecule has 0 atom stereocenters. The van der Waals surface area contributed by atoms with Gasteiger partial charge in [-0.1, -0.05) is 30.8 Å². The van der Waals surface area contributed by atoms with E-state index in [4.69, 9.17) is 4.74 Å². The number of H-pyrrole nitrogens is 1. The normalized spacial score (nSPS) is 10.8. The third-order valence-corrected chi connectivity index (χ3v) is 5.08. The maximum Gasteiger partial charge on any atom is 0.247 e. The highest BCUT2D eigenvalue weighted by Crippen LogP contribution is 2.31. The van der Waals surface area contributed by atoms with E-state index < -0.39 is 0 Å². The molecule has 3 aromatic heterocycles. The number of para-hydroxylation sites is 1. The number of carbonyl (C=O) groups is 1. The van der Waals surface area contributed by atoms with Crippen molar-refractivity contribution in [3.63, 3.8) is 0 Å². The molecule has 2 aromatic carbocycles. The Labute approximate surface area is 189 Å². The van der Waals surface area contributed by atoms with Crippen LogP contribution in [0.3, 0.4) is 0 Å². The maximum absolute atomic E-state index is 11.6. The van der Waals surface area contributed by atoms with Gasteiger partial charge in [0.15, 0.2) is 5.65 Å². The van der Waals surface area contributed by atoms with Crippen molar-refractivity contribution < 1.29 is 9.53 Å². The van der Waals surface area contributed by atoms with Crippen LogP contribution in [0.4, 0.5) is 5.69 Å². The molecule has 1 amide bonds. The van der Waals surface area contributed by atoms with Crippen LogP contribution in [-0.2, 0) is 4.79 Å². The van der Waals surface area contributed by atoms with Gasteiger partial charge in [0.05, 0.1) is 17.6 Å². The molecule has 0 aliphatic rings. The van der Waals surface area contributed by atoms with E-state index in [1.54, 1.807) is 30.5 Å². The van der Waals surface area contributed by atoms with Crippen molar-refractivity contribution in [3.8, 4) is 28.4 Å². The van der Waals surface area contributed by atoms with Crippen LogP contribution in [0.5, 0.6) is 11.6 Å². The Balaban J connectivity index is 1.47. The van der Waals surface area contributed by atoms with Crippen LogP contribution in [0, 0.1) is 6.92 Å².